The van der Waals surface area contributed by atoms with E-state index in [1.54, 1.807) is 0 Å². The first kappa shape index (κ1) is 14.3. The van der Waals surface area contributed by atoms with Gasteiger partial charge in [0.2, 0.25) is 0 Å². The number of nitrogens with one attached hydrogen (secondary N) is 1. The first-order valence-electron chi connectivity index (χ1n) is 7.73. The summed E-state index contributed by atoms with van der Waals surface area (Å²) in [5.41, 5.74) is 3.22. The van der Waals surface area contributed by atoms with Gasteiger partial charge in [0.25, 0.3) is 0 Å². The lowest BCUT2D eigenvalue weighted by Gasteiger charge is -2.28. The average Bonchev–Trinajstić information content (AvgIpc) is 2.99. The number of para-hydroxylation sites is 1. The zero-order valence-electron chi connectivity index (χ0n) is 12.5. The van der Waals surface area contributed by atoms with E-state index in [2.05, 4.69) is 33.4 Å². The second-order valence-corrected chi connectivity index (χ2v) is 5.76. The molecule has 3 rings (SSSR count). The number of aliphatic hydroxyl groups is 1. The third kappa shape index (κ3) is 3.17. The maximum absolute atomic E-state index is 9.44. The van der Waals surface area contributed by atoms with Gasteiger partial charge in [-0.25, -0.2) is 0 Å². The highest BCUT2D eigenvalue weighted by Gasteiger charge is 2.19. The zero-order valence-corrected chi connectivity index (χ0v) is 12.5. The van der Waals surface area contributed by atoms with Crippen LogP contribution in [0.1, 0.15) is 18.5 Å². The minimum atomic E-state index is 0.169. The van der Waals surface area contributed by atoms with E-state index in [0.29, 0.717) is 12.6 Å². The monoisotopic (exact) mass is 285 g/mol. The molecule has 0 bridgehead atoms. The number of fused-ring (bicyclic) bond motifs is 1. The van der Waals surface area contributed by atoms with Gasteiger partial charge in [0, 0.05) is 35.9 Å². The summed E-state index contributed by atoms with van der Waals surface area (Å²) in [5, 5.41) is 14.1. The molecule has 0 spiro atoms. The van der Waals surface area contributed by atoms with Crippen LogP contribution in [0.15, 0.2) is 30.3 Å². The minimum Gasteiger partial charge on any atom is -0.395 e. The molecule has 1 aromatic heterocycles. The lowest BCUT2D eigenvalue weighted by atomic mass is 10.1. The molecular formula is C17H23N3O. The lowest BCUT2D eigenvalue weighted by molar-refractivity contribution is 0.300. The van der Waals surface area contributed by atoms with Crippen LogP contribution in [0, 0.1) is 6.92 Å². The van der Waals surface area contributed by atoms with Gasteiger partial charge in [-0.3, -0.25) is 4.98 Å². The Labute approximate surface area is 125 Å². The number of pyridine rings is 1. The molecule has 0 aliphatic carbocycles. The number of aryl methyl sites for hydroxylation is 1. The van der Waals surface area contributed by atoms with Crippen LogP contribution in [0.2, 0.25) is 0 Å². The molecule has 1 atom stereocenters. The van der Waals surface area contributed by atoms with Crippen LogP contribution in [0.25, 0.3) is 10.9 Å². The van der Waals surface area contributed by atoms with E-state index in [4.69, 9.17) is 0 Å². The van der Waals surface area contributed by atoms with Gasteiger partial charge in [0.15, 0.2) is 0 Å². The predicted molar refractivity (Wildman–Crippen MR) is 86.8 cm³/mol. The molecule has 1 fully saturated rings. The third-order valence-electron chi connectivity index (χ3n) is 4.14. The number of aromatic nitrogens is 1. The quantitative estimate of drug-likeness (QED) is 0.883. The van der Waals surface area contributed by atoms with Crippen molar-refractivity contribution in [2.75, 3.05) is 31.1 Å². The topological polar surface area (TPSA) is 48.4 Å². The number of benzene rings is 1. The summed E-state index contributed by atoms with van der Waals surface area (Å²) in [6.45, 7) is 4.90. The van der Waals surface area contributed by atoms with Crippen molar-refractivity contribution < 1.29 is 5.11 Å². The van der Waals surface area contributed by atoms with Crippen molar-refractivity contribution in [1.29, 1.82) is 0 Å². The Balaban J connectivity index is 1.97. The van der Waals surface area contributed by atoms with Crippen LogP contribution in [-0.2, 0) is 0 Å². The smallest absolute Gasteiger partial charge is 0.0726 e. The Bertz CT molecular complexity index is 608. The van der Waals surface area contributed by atoms with Gasteiger partial charge < -0.3 is 15.3 Å². The summed E-state index contributed by atoms with van der Waals surface area (Å²) in [6.07, 6.45) is 2.46. The second-order valence-electron chi connectivity index (χ2n) is 5.76. The molecule has 1 unspecified atom stereocenters. The number of hydrogen-bond donors (Lipinski definition) is 2. The van der Waals surface area contributed by atoms with Crippen molar-refractivity contribution >= 4 is 16.6 Å². The second kappa shape index (κ2) is 6.41. The number of rotatable bonds is 5. The van der Waals surface area contributed by atoms with Crippen molar-refractivity contribution in [1.82, 2.24) is 10.3 Å². The third-order valence-corrected chi connectivity index (χ3v) is 4.14. The Hall–Kier alpha value is -1.65. The number of anilines is 1. The molecule has 4 nitrogen and oxygen atoms in total. The van der Waals surface area contributed by atoms with Gasteiger partial charge in [-0.15, -0.1) is 0 Å². The summed E-state index contributed by atoms with van der Waals surface area (Å²) in [5.74, 6) is 0. The maximum atomic E-state index is 9.44. The van der Waals surface area contributed by atoms with Gasteiger partial charge in [-0.2, -0.15) is 0 Å². The van der Waals surface area contributed by atoms with E-state index in [0.717, 1.165) is 29.7 Å². The van der Waals surface area contributed by atoms with E-state index < -0.39 is 0 Å². The molecule has 0 saturated carbocycles. The van der Waals surface area contributed by atoms with E-state index >= 15 is 0 Å². The molecule has 2 heterocycles. The maximum Gasteiger partial charge on any atom is 0.0726 e. The summed E-state index contributed by atoms with van der Waals surface area (Å²) in [7, 11) is 0. The molecule has 1 saturated heterocycles. The van der Waals surface area contributed by atoms with Crippen LogP contribution >= 0.6 is 0 Å². The van der Waals surface area contributed by atoms with Crippen molar-refractivity contribution in [3.63, 3.8) is 0 Å². The zero-order chi connectivity index (χ0) is 14.7. The van der Waals surface area contributed by atoms with Gasteiger partial charge in [-0.05, 0) is 38.4 Å². The highest BCUT2D eigenvalue weighted by Crippen LogP contribution is 2.27. The lowest BCUT2D eigenvalue weighted by Crippen LogP contribution is -2.39. The molecule has 2 aromatic rings. The van der Waals surface area contributed by atoms with Crippen molar-refractivity contribution in [3.8, 4) is 0 Å². The van der Waals surface area contributed by atoms with Crippen LogP contribution < -0.4 is 10.2 Å². The molecule has 112 valence electrons. The Morgan fingerprint density at radius 3 is 3.00 bits per heavy atom. The molecule has 21 heavy (non-hydrogen) atoms. The van der Waals surface area contributed by atoms with Crippen LogP contribution in [-0.4, -0.2) is 42.4 Å². The Kier molecular flexibility index (Phi) is 4.36. The molecule has 2 N–H and O–H groups in total. The van der Waals surface area contributed by atoms with Gasteiger partial charge in [0.05, 0.1) is 12.1 Å². The standard InChI is InChI=1S/C17H23N3O/c1-13-11-17(15-6-2-3-7-16(15)19-13)20(9-10-21)12-14-5-4-8-18-14/h2-3,6-7,11,14,18,21H,4-5,8-10,12H2,1H3. The highest BCUT2D eigenvalue weighted by atomic mass is 16.3. The van der Waals surface area contributed by atoms with E-state index in [9.17, 15) is 5.11 Å². The number of hydrogen-bond acceptors (Lipinski definition) is 4. The molecule has 0 radical (unpaired) electrons. The number of aliphatic hydroxyl groups excluding tert-OH is 1. The minimum absolute atomic E-state index is 0.169. The summed E-state index contributed by atoms with van der Waals surface area (Å²) in [6, 6.07) is 10.9. The molecule has 1 aliphatic heterocycles. The molecule has 1 aromatic carbocycles. The summed E-state index contributed by atoms with van der Waals surface area (Å²) in [4.78, 5) is 6.90. The van der Waals surface area contributed by atoms with E-state index in [1.165, 1.54) is 18.5 Å². The SMILES string of the molecule is Cc1cc(N(CCO)CC2CCCN2)c2ccccc2n1. The first-order chi connectivity index (χ1) is 10.3. The van der Waals surface area contributed by atoms with Crippen molar-refractivity contribution in [3.05, 3.63) is 36.0 Å². The molecule has 4 heteroatoms. The van der Waals surface area contributed by atoms with Crippen LogP contribution in [0.3, 0.4) is 0 Å². The van der Waals surface area contributed by atoms with E-state index in [-0.39, 0.29) is 6.61 Å². The predicted octanol–water partition coefficient (Wildman–Crippen LogP) is 2.09. The highest BCUT2D eigenvalue weighted by molar-refractivity contribution is 5.92. The van der Waals surface area contributed by atoms with Crippen molar-refractivity contribution in [2.45, 2.75) is 25.8 Å². The molecule has 0 amide bonds. The molecular weight excluding hydrogens is 262 g/mol. The number of nitrogens with zero attached hydrogens (tertiary/aromatic N) is 2. The molecule has 1 aliphatic rings. The van der Waals surface area contributed by atoms with Crippen molar-refractivity contribution in [2.24, 2.45) is 0 Å². The normalized spacial score (nSPS) is 18.3. The van der Waals surface area contributed by atoms with Crippen LogP contribution in [0.5, 0.6) is 0 Å². The van der Waals surface area contributed by atoms with Gasteiger partial charge in [0.1, 0.15) is 0 Å². The average molecular weight is 285 g/mol. The fourth-order valence-electron chi connectivity index (χ4n) is 3.16. The fraction of sp³-hybridized carbons (Fsp3) is 0.471. The Morgan fingerprint density at radius 1 is 1.38 bits per heavy atom. The van der Waals surface area contributed by atoms with Gasteiger partial charge >= 0.3 is 0 Å². The first-order valence-corrected chi connectivity index (χ1v) is 7.73. The van der Waals surface area contributed by atoms with E-state index in [1.807, 2.05) is 19.1 Å². The largest absolute Gasteiger partial charge is 0.395 e. The Morgan fingerprint density at radius 2 is 2.24 bits per heavy atom. The van der Waals surface area contributed by atoms with Gasteiger partial charge in [-0.1, -0.05) is 18.2 Å². The fourth-order valence-corrected chi connectivity index (χ4v) is 3.16. The van der Waals surface area contributed by atoms with Crippen LogP contribution in [0.4, 0.5) is 5.69 Å². The summed E-state index contributed by atoms with van der Waals surface area (Å²) >= 11 is 0. The summed E-state index contributed by atoms with van der Waals surface area (Å²) < 4.78 is 0.